The molecule has 1 saturated heterocycles. The van der Waals surface area contributed by atoms with E-state index in [0.29, 0.717) is 23.4 Å². The predicted molar refractivity (Wildman–Crippen MR) is 146 cm³/mol. The van der Waals surface area contributed by atoms with Gasteiger partial charge in [-0.15, -0.1) is 0 Å². The largest absolute Gasteiger partial charge is 0.392 e. The summed E-state index contributed by atoms with van der Waals surface area (Å²) in [4.78, 5) is 4.58. The van der Waals surface area contributed by atoms with Crippen LogP contribution in [0.5, 0.6) is 0 Å². The zero-order chi connectivity index (χ0) is 26.5. The lowest BCUT2D eigenvalue weighted by Crippen LogP contribution is -2.31. The second kappa shape index (κ2) is 11.7. The molecule has 5 rings (SSSR count). The number of ether oxygens (including phenoxy) is 2. The molecule has 3 aromatic carbocycles. The summed E-state index contributed by atoms with van der Waals surface area (Å²) in [6.45, 7) is -0.0217. The predicted octanol–water partition coefficient (Wildman–Crippen LogP) is 5.05. The molecule has 1 aliphatic heterocycles. The highest BCUT2D eigenvalue weighted by Crippen LogP contribution is 2.39. The van der Waals surface area contributed by atoms with Gasteiger partial charge in [-0.1, -0.05) is 66.4 Å². The number of sulfonamides is 1. The highest BCUT2D eigenvalue weighted by Gasteiger charge is 2.32. The molecule has 2 heterocycles. The van der Waals surface area contributed by atoms with Gasteiger partial charge in [0.15, 0.2) is 11.4 Å². The summed E-state index contributed by atoms with van der Waals surface area (Å²) in [5.74, 6) is 0.677. The number of nitrogens with one attached hydrogen (secondary N) is 1. The Hall–Kier alpha value is -3.15. The average Bonchev–Trinajstić information content (AvgIpc) is 3.36. The second-order valence-corrected chi connectivity index (χ2v) is 11.7. The number of aliphatic hydroxyl groups excluding tert-OH is 1. The SMILES string of the molecule is Cn1ccnc1SC[C@@H]1C[C@H](c2ccc(CO)cc2)O[C@H](c2cccc(NS(=O)(=O)c3ccccc3)c2)O1. The molecule has 1 aromatic heterocycles. The molecule has 8 nitrogen and oxygen atoms in total. The number of aromatic nitrogens is 2. The van der Waals surface area contributed by atoms with E-state index in [1.807, 2.05) is 48.1 Å². The summed E-state index contributed by atoms with van der Waals surface area (Å²) < 4.78 is 43.1. The summed E-state index contributed by atoms with van der Waals surface area (Å²) in [5.41, 5.74) is 2.95. The zero-order valence-corrected chi connectivity index (χ0v) is 22.4. The van der Waals surface area contributed by atoms with Gasteiger partial charge in [0.05, 0.1) is 23.7 Å². The van der Waals surface area contributed by atoms with Crippen LogP contribution in [-0.4, -0.2) is 34.9 Å². The highest BCUT2D eigenvalue weighted by atomic mass is 32.2. The summed E-state index contributed by atoms with van der Waals surface area (Å²) in [5, 5.41) is 10.3. The molecule has 0 amide bonds. The molecule has 0 spiro atoms. The van der Waals surface area contributed by atoms with E-state index in [2.05, 4.69) is 9.71 Å². The minimum Gasteiger partial charge on any atom is -0.392 e. The standard InChI is InChI=1S/C28H29N3O5S2/c1-31-15-14-29-28(31)37-19-24-17-26(21-12-10-20(18-32)11-13-21)36-27(35-24)22-6-5-7-23(16-22)30-38(33,34)25-8-3-2-4-9-25/h2-16,24,26-27,30,32H,17-19H2,1H3/t24-,26+,27+/m0/s1. The Balaban J connectivity index is 1.38. The Bertz CT molecular complexity index is 1460. The van der Waals surface area contributed by atoms with Gasteiger partial charge >= 0.3 is 0 Å². The van der Waals surface area contributed by atoms with Gasteiger partial charge < -0.3 is 19.1 Å². The lowest BCUT2D eigenvalue weighted by Gasteiger charge is -2.36. The molecule has 10 heteroatoms. The molecule has 4 aromatic rings. The molecule has 0 aliphatic carbocycles. The summed E-state index contributed by atoms with van der Waals surface area (Å²) in [6.07, 6.45) is 3.25. The first-order valence-electron chi connectivity index (χ1n) is 12.2. The van der Waals surface area contributed by atoms with E-state index in [1.54, 1.807) is 66.5 Å². The van der Waals surface area contributed by atoms with Crippen molar-refractivity contribution in [2.45, 2.75) is 41.6 Å². The Morgan fingerprint density at radius 2 is 1.82 bits per heavy atom. The van der Waals surface area contributed by atoms with E-state index in [9.17, 15) is 13.5 Å². The quantitative estimate of drug-likeness (QED) is 0.281. The van der Waals surface area contributed by atoms with E-state index in [4.69, 9.17) is 9.47 Å². The number of anilines is 1. The van der Waals surface area contributed by atoms with Crippen molar-refractivity contribution in [2.24, 2.45) is 7.05 Å². The van der Waals surface area contributed by atoms with Gasteiger partial charge in [-0.3, -0.25) is 4.72 Å². The fourth-order valence-electron chi connectivity index (χ4n) is 4.24. The number of aryl methyl sites for hydroxylation is 1. The number of aliphatic hydroxyl groups is 1. The Kier molecular flexibility index (Phi) is 8.15. The normalized spacial score (nSPS) is 19.8. The van der Waals surface area contributed by atoms with E-state index in [-0.39, 0.29) is 23.7 Å². The Labute approximate surface area is 226 Å². The minimum atomic E-state index is -3.73. The van der Waals surface area contributed by atoms with Gasteiger partial charge in [-0.25, -0.2) is 13.4 Å². The molecular formula is C28H29N3O5S2. The molecule has 198 valence electrons. The first-order valence-corrected chi connectivity index (χ1v) is 14.7. The number of hydrogen-bond donors (Lipinski definition) is 2. The lowest BCUT2D eigenvalue weighted by atomic mass is 10.0. The molecule has 2 N–H and O–H groups in total. The van der Waals surface area contributed by atoms with E-state index in [0.717, 1.165) is 16.3 Å². The number of rotatable bonds is 9. The van der Waals surface area contributed by atoms with Crippen LogP contribution in [0.25, 0.3) is 0 Å². The number of imidazole rings is 1. The molecule has 1 fully saturated rings. The fraction of sp³-hybridized carbons (Fsp3) is 0.250. The van der Waals surface area contributed by atoms with Gasteiger partial charge in [0, 0.05) is 42.9 Å². The van der Waals surface area contributed by atoms with Crippen LogP contribution in [0, 0.1) is 0 Å². The molecule has 0 radical (unpaired) electrons. The maximum atomic E-state index is 12.9. The number of nitrogens with zero attached hydrogens (tertiary/aromatic N) is 2. The van der Waals surface area contributed by atoms with Crippen molar-refractivity contribution in [2.75, 3.05) is 10.5 Å². The van der Waals surface area contributed by atoms with Gasteiger partial charge in [0.25, 0.3) is 10.0 Å². The summed E-state index contributed by atoms with van der Waals surface area (Å²) >= 11 is 1.62. The highest BCUT2D eigenvalue weighted by molar-refractivity contribution is 7.99. The van der Waals surface area contributed by atoms with Crippen molar-refractivity contribution in [1.29, 1.82) is 0 Å². The maximum Gasteiger partial charge on any atom is 0.261 e. The van der Waals surface area contributed by atoms with Crippen LogP contribution >= 0.6 is 11.8 Å². The molecule has 0 bridgehead atoms. The van der Waals surface area contributed by atoms with E-state index >= 15 is 0 Å². The lowest BCUT2D eigenvalue weighted by molar-refractivity contribution is -0.245. The first kappa shape index (κ1) is 26.5. The van der Waals surface area contributed by atoms with Crippen molar-refractivity contribution in [3.8, 4) is 0 Å². The van der Waals surface area contributed by atoms with E-state index < -0.39 is 16.3 Å². The van der Waals surface area contributed by atoms with Crippen molar-refractivity contribution in [1.82, 2.24) is 9.55 Å². The summed E-state index contributed by atoms with van der Waals surface area (Å²) in [7, 11) is -1.78. The number of hydrogen-bond acceptors (Lipinski definition) is 7. The van der Waals surface area contributed by atoms with Crippen LogP contribution in [0.3, 0.4) is 0 Å². The average molecular weight is 552 g/mol. The monoisotopic (exact) mass is 551 g/mol. The third-order valence-corrected chi connectivity index (χ3v) is 8.84. The Morgan fingerprint density at radius 1 is 1.03 bits per heavy atom. The topological polar surface area (TPSA) is 103 Å². The van der Waals surface area contributed by atoms with Crippen LogP contribution in [0.1, 0.15) is 35.5 Å². The number of benzene rings is 3. The smallest absolute Gasteiger partial charge is 0.261 e. The van der Waals surface area contributed by atoms with Gasteiger partial charge in [0.2, 0.25) is 0 Å². The van der Waals surface area contributed by atoms with E-state index in [1.165, 1.54) is 0 Å². The third-order valence-electron chi connectivity index (χ3n) is 6.25. The molecule has 0 unspecified atom stereocenters. The van der Waals surface area contributed by atoms with Crippen molar-refractivity contribution in [3.05, 3.63) is 108 Å². The van der Waals surface area contributed by atoms with Gasteiger partial charge in [-0.2, -0.15) is 0 Å². The number of thioether (sulfide) groups is 1. The second-order valence-electron chi connectivity index (χ2n) is 9.03. The first-order chi connectivity index (χ1) is 18.4. The van der Waals surface area contributed by atoms with Crippen molar-refractivity contribution in [3.63, 3.8) is 0 Å². The maximum absolute atomic E-state index is 12.9. The van der Waals surface area contributed by atoms with Gasteiger partial charge in [0.1, 0.15) is 0 Å². The molecule has 3 atom stereocenters. The van der Waals surface area contributed by atoms with Crippen LogP contribution in [-0.2, 0) is 33.2 Å². The summed E-state index contributed by atoms with van der Waals surface area (Å²) in [6, 6.07) is 23.0. The van der Waals surface area contributed by atoms with Crippen LogP contribution in [0.2, 0.25) is 0 Å². The minimum absolute atomic E-state index is 0.0217. The van der Waals surface area contributed by atoms with Crippen LogP contribution in [0.15, 0.2) is 101 Å². The molecular weight excluding hydrogens is 522 g/mol. The van der Waals surface area contributed by atoms with Crippen LogP contribution in [0.4, 0.5) is 5.69 Å². The van der Waals surface area contributed by atoms with Crippen molar-refractivity contribution >= 4 is 27.5 Å². The molecule has 0 saturated carbocycles. The Morgan fingerprint density at radius 3 is 2.53 bits per heavy atom. The van der Waals surface area contributed by atoms with Gasteiger partial charge in [-0.05, 0) is 35.4 Å². The molecule has 38 heavy (non-hydrogen) atoms. The zero-order valence-electron chi connectivity index (χ0n) is 20.8. The molecule has 1 aliphatic rings. The third kappa shape index (κ3) is 6.28. The van der Waals surface area contributed by atoms with Crippen molar-refractivity contribution < 1.29 is 23.0 Å². The van der Waals surface area contributed by atoms with Crippen LogP contribution < -0.4 is 4.72 Å². The fourth-order valence-corrected chi connectivity index (χ4v) is 6.26.